The maximum absolute atomic E-state index is 11.1. The Morgan fingerprint density at radius 1 is 1.50 bits per heavy atom. The summed E-state index contributed by atoms with van der Waals surface area (Å²) >= 11 is 3.13. The minimum Gasteiger partial charge on any atom is -0.375 e. The molecular weight excluding hydrogens is 330 g/mol. The molecule has 0 bridgehead atoms. The largest absolute Gasteiger partial charge is 0.375 e. The summed E-state index contributed by atoms with van der Waals surface area (Å²) in [6.07, 6.45) is 0.811. The van der Waals surface area contributed by atoms with Crippen LogP contribution in [0.5, 0.6) is 5.75 Å². The molecule has 0 radical (unpaired) electrons. The van der Waals surface area contributed by atoms with Gasteiger partial charge in [-0.15, -0.1) is 0 Å². The number of nitro benzene ring substituents is 1. The first-order chi connectivity index (χ1) is 8.28. The SMILES string of the molecule is CS(=O)(=O)Oc1cc2c(Br)n[nH]c2cc1[N+](=O)[O-]. The zero-order valence-electron chi connectivity index (χ0n) is 8.88. The molecule has 0 aliphatic rings. The van der Waals surface area contributed by atoms with Crippen LogP contribution < -0.4 is 4.18 Å². The number of H-pyrrole nitrogens is 1. The highest BCUT2D eigenvalue weighted by molar-refractivity contribution is 9.10. The Balaban J connectivity index is 2.71. The molecule has 1 aromatic carbocycles. The van der Waals surface area contributed by atoms with Gasteiger partial charge in [0.25, 0.3) is 0 Å². The van der Waals surface area contributed by atoms with Gasteiger partial charge in [0.15, 0.2) is 0 Å². The third-order valence-corrected chi connectivity index (χ3v) is 3.12. The summed E-state index contributed by atoms with van der Waals surface area (Å²) in [5, 5.41) is 17.7. The van der Waals surface area contributed by atoms with E-state index in [0.717, 1.165) is 12.3 Å². The molecule has 0 saturated heterocycles. The Bertz CT molecular complexity index is 739. The number of nitro groups is 1. The van der Waals surface area contributed by atoms with Crippen LogP contribution in [-0.4, -0.2) is 29.8 Å². The van der Waals surface area contributed by atoms with Crippen molar-refractivity contribution >= 4 is 42.6 Å². The van der Waals surface area contributed by atoms with Crippen molar-refractivity contribution in [3.05, 3.63) is 26.9 Å². The highest BCUT2D eigenvalue weighted by Crippen LogP contribution is 2.34. The number of fused-ring (bicyclic) bond motifs is 1. The van der Waals surface area contributed by atoms with Crippen molar-refractivity contribution in [2.45, 2.75) is 0 Å². The maximum atomic E-state index is 11.1. The van der Waals surface area contributed by atoms with Gasteiger partial charge in [-0.1, -0.05) is 0 Å². The van der Waals surface area contributed by atoms with E-state index < -0.39 is 20.7 Å². The van der Waals surface area contributed by atoms with Crippen LogP contribution >= 0.6 is 15.9 Å². The van der Waals surface area contributed by atoms with E-state index in [1.807, 2.05) is 0 Å². The van der Waals surface area contributed by atoms with Crippen LogP contribution in [0.4, 0.5) is 5.69 Å². The highest BCUT2D eigenvalue weighted by Gasteiger charge is 2.21. The third-order valence-electron chi connectivity index (χ3n) is 2.03. The number of hydrogen-bond acceptors (Lipinski definition) is 6. The fourth-order valence-electron chi connectivity index (χ4n) is 1.37. The summed E-state index contributed by atoms with van der Waals surface area (Å²) in [7, 11) is -3.85. The first-order valence-electron chi connectivity index (χ1n) is 4.49. The van der Waals surface area contributed by atoms with Gasteiger partial charge in [-0.2, -0.15) is 13.5 Å². The highest BCUT2D eigenvalue weighted by atomic mass is 79.9. The van der Waals surface area contributed by atoms with Gasteiger partial charge in [-0.25, -0.2) is 0 Å². The van der Waals surface area contributed by atoms with E-state index in [4.69, 9.17) is 0 Å². The first-order valence-corrected chi connectivity index (χ1v) is 7.10. The lowest BCUT2D eigenvalue weighted by atomic mass is 10.2. The van der Waals surface area contributed by atoms with Crippen molar-refractivity contribution in [3.63, 3.8) is 0 Å². The summed E-state index contributed by atoms with van der Waals surface area (Å²) in [4.78, 5) is 10.1. The summed E-state index contributed by atoms with van der Waals surface area (Å²) in [6.45, 7) is 0. The molecule has 8 nitrogen and oxygen atoms in total. The minimum absolute atomic E-state index is 0.350. The van der Waals surface area contributed by atoms with Crippen LogP contribution in [0.25, 0.3) is 10.9 Å². The summed E-state index contributed by atoms with van der Waals surface area (Å²) in [5.74, 6) is -0.350. The summed E-state index contributed by atoms with van der Waals surface area (Å²) in [6, 6.07) is 2.40. The Morgan fingerprint density at radius 3 is 2.72 bits per heavy atom. The van der Waals surface area contributed by atoms with Crippen LogP contribution in [0.15, 0.2) is 16.7 Å². The van der Waals surface area contributed by atoms with Crippen molar-refractivity contribution in [3.8, 4) is 5.75 Å². The average Bonchev–Trinajstić information content (AvgIpc) is 2.56. The Labute approximate surface area is 109 Å². The molecule has 18 heavy (non-hydrogen) atoms. The zero-order valence-corrected chi connectivity index (χ0v) is 11.3. The fraction of sp³-hybridized carbons (Fsp3) is 0.125. The molecule has 1 N–H and O–H groups in total. The molecule has 0 aliphatic carbocycles. The second-order valence-corrected chi connectivity index (χ2v) is 5.75. The van der Waals surface area contributed by atoms with Gasteiger partial charge < -0.3 is 4.18 Å². The van der Waals surface area contributed by atoms with Gasteiger partial charge in [-0.3, -0.25) is 15.2 Å². The molecule has 2 aromatic rings. The number of aromatic nitrogens is 2. The van der Waals surface area contributed by atoms with E-state index in [1.54, 1.807) is 0 Å². The van der Waals surface area contributed by atoms with Crippen LogP contribution in [0.3, 0.4) is 0 Å². The predicted octanol–water partition coefficient (Wildman–Crippen LogP) is 1.57. The van der Waals surface area contributed by atoms with Gasteiger partial charge in [0.05, 0.1) is 16.7 Å². The number of nitrogens with zero attached hydrogens (tertiary/aromatic N) is 2. The molecule has 0 atom stereocenters. The van der Waals surface area contributed by atoms with Crippen molar-refractivity contribution in [2.75, 3.05) is 6.26 Å². The molecule has 10 heteroatoms. The standard InChI is InChI=1S/C8H6BrN3O5S/c1-18(15,16)17-7-2-4-5(10-11-8(4)9)3-6(7)12(13)14/h2-3H,1H3,(H,10,11). The van der Waals surface area contributed by atoms with E-state index in [2.05, 4.69) is 30.3 Å². The number of halogens is 1. The minimum atomic E-state index is -3.85. The molecule has 0 spiro atoms. The van der Waals surface area contributed by atoms with Crippen LogP contribution in [0, 0.1) is 10.1 Å². The van der Waals surface area contributed by atoms with E-state index >= 15 is 0 Å². The molecule has 1 heterocycles. The van der Waals surface area contributed by atoms with Crippen molar-refractivity contribution in [1.29, 1.82) is 0 Å². The zero-order chi connectivity index (χ0) is 13.5. The number of benzene rings is 1. The first kappa shape index (κ1) is 12.8. The number of hydrogen-bond donors (Lipinski definition) is 1. The van der Waals surface area contributed by atoms with E-state index in [-0.39, 0.29) is 5.75 Å². The van der Waals surface area contributed by atoms with Gasteiger partial charge in [0, 0.05) is 17.5 Å². The maximum Gasteiger partial charge on any atom is 0.314 e. The van der Waals surface area contributed by atoms with Crippen LogP contribution in [0.2, 0.25) is 0 Å². The average molecular weight is 336 g/mol. The van der Waals surface area contributed by atoms with E-state index in [1.165, 1.54) is 6.07 Å². The van der Waals surface area contributed by atoms with Gasteiger partial charge >= 0.3 is 15.8 Å². The molecule has 0 amide bonds. The van der Waals surface area contributed by atoms with Gasteiger partial charge in [0.1, 0.15) is 4.60 Å². The normalized spacial score (nSPS) is 11.7. The fourth-order valence-corrected chi connectivity index (χ4v) is 2.25. The van der Waals surface area contributed by atoms with Crippen LogP contribution in [0.1, 0.15) is 0 Å². The molecule has 0 aliphatic heterocycles. The van der Waals surface area contributed by atoms with Crippen molar-refractivity contribution in [2.24, 2.45) is 0 Å². The lowest BCUT2D eigenvalue weighted by Gasteiger charge is -2.03. The summed E-state index contributed by atoms with van der Waals surface area (Å²) < 4.78 is 27.1. The topological polar surface area (TPSA) is 115 Å². The van der Waals surface area contributed by atoms with E-state index in [0.29, 0.717) is 15.5 Å². The van der Waals surface area contributed by atoms with Crippen molar-refractivity contribution < 1.29 is 17.5 Å². The molecule has 0 fully saturated rings. The molecule has 0 unspecified atom stereocenters. The quantitative estimate of drug-likeness (QED) is 0.517. The second-order valence-electron chi connectivity index (χ2n) is 3.42. The number of aromatic amines is 1. The predicted molar refractivity (Wildman–Crippen MR) is 65.9 cm³/mol. The van der Waals surface area contributed by atoms with Crippen LogP contribution in [-0.2, 0) is 10.1 Å². The van der Waals surface area contributed by atoms with Gasteiger partial charge in [0.2, 0.25) is 5.75 Å². The Hall–Kier alpha value is -1.68. The molecule has 96 valence electrons. The number of rotatable bonds is 3. The third kappa shape index (κ3) is 2.43. The Kier molecular flexibility index (Phi) is 2.99. The Morgan fingerprint density at radius 2 is 2.17 bits per heavy atom. The van der Waals surface area contributed by atoms with E-state index in [9.17, 15) is 18.5 Å². The molecule has 1 aromatic heterocycles. The lowest BCUT2D eigenvalue weighted by molar-refractivity contribution is -0.385. The molecule has 0 saturated carbocycles. The monoisotopic (exact) mass is 335 g/mol. The molecule has 2 rings (SSSR count). The van der Waals surface area contributed by atoms with Gasteiger partial charge in [-0.05, 0) is 15.9 Å². The molecular formula is C8H6BrN3O5S. The lowest BCUT2D eigenvalue weighted by Crippen LogP contribution is -2.07. The smallest absolute Gasteiger partial charge is 0.314 e. The van der Waals surface area contributed by atoms with Crippen molar-refractivity contribution in [1.82, 2.24) is 10.2 Å². The summed E-state index contributed by atoms with van der Waals surface area (Å²) in [5.41, 5.74) is -0.0569. The number of nitrogens with one attached hydrogen (secondary N) is 1. The second kappa shape index (κ2) is 4.21.